The average molecular weight is 614 g/mol. The maximum absolute atomic E-state index is 13.2. The first kappa shape index (κ1) is 25.7. The summed E-state index contributed by atoms with van der Waals surface area (Å²) in [5, 5.41) is 2.24. The van der Waals surface area contributed by atoms with Crippen LogP contribution < -0.4 is 19.7 Å². The van der Waals surface area contributed by atoms with Crippen molar-refractivity contribution in [1.82, 2.24) is 5.32 Å². The number of imide groups is 2. The molecule has 0 aliphatic carbocycles. The van der Waals surface area contributed by atoms with Crippen LogP contribution >= 0.6 is 31.9 Å². The number of methoxy groups -OCH3 is 1. The van der Waals surface area contributed by atoms with Crippen molar-refractivity contribution in [2.45, 2.75) is 13.3 Å². The minimum atomic E-state index is -0.811. The van der Waals surface area contributed by atoms with Crippen LogP contribution in [0.15, 0.2) is 75.2 Å². The summed E-state index contributed by atoms with van der Waals surface area (Å²) in [6.45, 7) is 2.35. The van der Waals surface area contributed by atoms with Gasteiger partial charge in [0.15, 0.2) is 0 Å². The van der Waals surface area contributed by atoms with Crippen molar-refractivity contribution in [1.29, 1.82) is 0 Å². The highest BCUT2D eigenvalue weighted by atomic mass is 79.9. The number of rotatable bonds is 7. The van der Waals surface area contributed by atoms with Crippen LogP contribution in [0, 0.1) is 0 Å². The number of halogens is 2. The number of hydrogen-bond acceptors (Lipinski definition) is 5. The van der Waals surface area contributed by atoms with Gasteiger partial charge in [-0.15, -0.1) is 0 Å². The van der Waals surface area contributed by atoms with Gasteiger partial charge >= 0.3 is 6.03 Å². The fourth-order valence-electron chi connectivity index (χ4n) is 3.82. The van der Waals surface area contributed by atoms with Gasteiger partial charge in [0.05, 0.1) is 19.4 Å². The molecule has 1 heterocycles. The number of benzene rings is 3. The number of amides is 4. The Hall–Kier alpha value is -3.43. The SMILES string of the molecule is CCOc1ccc(N2C(=O)NC(=O)/C(=C\c3cc(Br)c(Cc4ccccc4Br)c(OC)c3)C2=O)cc1. The molecule has 184 valence electrons. The smallest absolute Gasteiger partial charge is 0.335 e. The number of carbonyl (C=O) groups excluding carboxylic acids is 3. The number of ether oxygens (including phenoxy) is 2. The third kappa shape index (κ3) is 5.37. The maximum Gasteiger partial charge on any atom is 0.335 e. The van der Waals surface area contributed by atoms with E-state index in [2.05, 4.69) is 37.2 Å². The normalized spacial score (nSPS) is 14.7. The molecule has 0 unspecified atom stereocenters. The summed E-state index contributed by atoms with van der Waals surface area (Å²) >= 11 is 7.18. The number of nitrogens with zero attached hydrogens (tertiary/aromatic N) is 1. The Morgan fingerprint density at radius 2 is 1.69 bits per heavy atom. The molecular formula is C27H22Br2N2O5. The minimum Gasteiger partial charge on any atom is -0.496 e. The summed E-state index contributed by atoms with van der Waals surface area (Å²) < 4.78 is 12.8. The maximum atomic E-state index is 13.2. The molecule has 0 saturated carbocycles. The molecule has 0 bridgehead atoms. The Morgan fingerprint density at radius 1 is 0.972 bits per heavy atom. The first-order valence-electron chi connectivity index (χ1n) is 11.1. The van der Waals surface area contributed by atoms with E-state index in [-0.39, 0.29) is 5.57 Å². The van der Waals surface area contributed by atoms with Gasteiger partial charge in [-0.05, 0) is 66.6 Å². The highest BCUT2D eigenvalue weighted by molar-refractivity contribution is 9.10. The van der Waals surface area contributed by atoms with E-state index in [1.165, 1.54) is 6.08 Å². The number of hydrogen-bond donors (Lipinski definition) is 1. The van der Waals surface area contributed by atoms with Gasteiger partial charge in [0.1, 0.15) is 17.1 Å². The van der Waals surface area contributed by atoms with Gasteiger partial charge in [-0.1, -0.05) is 50.1 Å². The molecule has 1 N–H and O–H groups in total. The molecule has 1 aliphatic rings. The highest BCUT2D eigenvalue weighted by Gasteiger charge is 2.36. The fourth-order valence-corrected chi connectivity index (χ4v) is 4.84. The van der Waals surface area contributed by atoms with Gasteiger partial charge < -0.3 is 9.47 Å². The summed E-state index contributed by atoms with van der Waals surface area (Å²) in [5.74, 6) is -0.285. The van der Waals surface area contributed by atoms with Crippen LogP contribution in [0.1, 0.15) is 23.6 Å². The van der Waals surface area contributed by atoms with Crippen molar-refractivity contribution in [3.63, 3.8) is 0 Å². The van der Waals surface area contributed by atoms with Gasteiger partial charge in [0, 0.05) is 20.9 Å². The number of carbonyl (C=O) groups is 3. The van der Waals surface area contributed by atoms with Crippen molar-refractivity contribution in [3.8, 4) is 11.5 Å². The van der Waals surface area contributed by atoms with E-state index < -0.39 is 17.8 Å². The van der Waals surface area contributed by atoms with E-state index in [9.17, 15) is 14.4 Å². The number of urea groups is 1. The quantitative estimate of drug-likeness (QED) is 0.266. The summed E-state index contributed by atoms with van der Waals surface area (Å²) in [6.07, 6.45) is 2.04. The van der Waals surface area contributed by atoms with Crippen LogP contribution in [-0.4, -0.2) is 31.6 Å². The van der Waals surface area contributed by atoms with Crippen LogP contribution in [0.2, 0.25) is 0 Å². The Bertz CT molecular complexity index is 1370. The molecule has 4 amide bonds. The first-order valence-corrected chi connectivity index (χ1v) is 12.6. The lowest BCUT2D eigenvalue weighted by Gasteiger charge is -2.26. The van der Waals surface area contributed by atoms with Crippen LogP contribution in [0.5, 0.6) is 11.5 Å². The molecule has 3 aromatic carbocycles. The number of nitrogens with one attached hydrogen (secondary N) is 1. The summed E-state index contributed by atoms with van der Waals surface area (Å²) in [4.78, 5) is 39.3. The molecule has 4 rings (SSSR count). The van der Waals surface area contributed by atoms with E-state index in [1.807, 2.05) is 31.2 Å². The van der Waals surface area contributed by atoms with Gasteiger partial charge in [0.25, 0.3) is 11.8 Å². The molecule has 0 aromatic heterocycles. The van der Waals surface area contributed by atoms with Crippen LogP contribution in [0.4, 0.5) is 10.5 Å². The van der Waals surface area contributed by atoms with Gasteiger partial charge in [0.2, 0.25) is 0 Å². The monoisotopic (exact) mass is 612 g/mol. The van der Waals surface area contributed by atoms with Gasteiger partial charge in [-0.2, -0.15) is 0 Å². The van der Waals surface area contributed by atoms with Crippen molar-refractivity contribution in [3.05, 3.63) is 91.9 Å². The zero-order valence-electron chi connectivity index (χ0n) is 19.5. The largest absolute Gasteiger partial charge is 0.496 e. The van der Waals surface area contributed by atoms with E-state index in [1.54, 1.807) is 43.5 Å². The highest BCUT2D eigenvalue weighted by Crippen LogP contribution is 2.34. The third-order valence-electron chi connectivity index (χ3n) is 5.54. The van der Waals surface area contributed by atoms with E-state index >= 15 is 0 Å². The molecular weight excluding hydrogens is 592 g/mol. The summed E-state index contributed by atoms with van der Waals surface area (Å²) in [6, 6.07) is 17.1. The van der Waals surface area contributed by atoms with Crippen molar-refractivity contribution >= 4 is 61.5 Å². The Labute approximate surface area is 225 Å². The Kier molecular flexibility index (Phi) is 7.91. The molecule has 0 atom stereocenters. The molecule has 1 fully saturated rings. The third-order valence-corrected chi connectivity index (χ3v) is 7.02. The first-order chi connectivity index (χ1) is 17.3. The van der Waals surface area contributed by atoms with Crippen LogP contribution in [0.3, 0.4) is 0 Å². The number of barbiturate groups is 1. The minimum absolute atomic E-state index is 0.170. The lowest BCUT2D eigenvalue weighted by atomic mass is 10.0. The Morgan fingerprint density at radius 3 is 2.36 bits per heavy atom. The zero-order chi connectivity index (χ0) is 25.8. The molecule has 36 heavy (non-hydrogen) atoms. The van der Waals surface area contributed by atoms with Crippen LogP contribution in [0.25, 0.3) is 6.08 Å². The van der Waals surface area contributed by atoms with Gasteiger partial charge in [-0.25, -0.2) is 9.69 Å². The molecule has 0 radical (unpaired) electrons. The van der Waals surface area contributed by atoms with Crippen molar-refractivity contribution in [2.24, 2.45) is 0 Å². The van der Waals surface area contributed by atoms with E-state index in [4.69, 9.17) is 9.47 Å². The van der Waals surface area contributed by atoms with Crippen molar-refractivity contribution < 1.29 is 23.9 Å². The van der Waals surface area contributed by atoms with Crippen molar-refractivity contribution in [2.75, 3.05) is 18.6 Å². The second-order valence-electron chi connectivity index (χ2n) is 7.84. The lowest BCUT2D eigenvalue weighted by molar-refractivity contribution is -0.122. The fraction of sp³-hybridized carbons (Fsp3) is 0.148. The predicted molar refractivity (Wildman–Crippen MR) is 144 cm³/mol. The molecule has 9 heteroatoms. The Balaban J connectivity index is 1.67. The molecule has 1 saturated heterocycles. The topological polar surface area (TPSA) is 84.9 Å². The molecule has 1 aliphatic heterocycles. The zero-order valence-corrected chi connectivity index (χ0v) is 22.7. The summed E-state index contributed by atoms with van der Waals surface area (Å²) in [7, 11) is 1.56. The van der Waals surface area contributed by atoms with Gasteiger partial charge in [-0.3, -0.25) is 14.9 Å². The predicted octanol–water partition coefficient (Wildman–Crippen LogP) is 5.88. The van der Waals surface area contributed by atoms with E-state index in [0.29, 0.717) is 35.8 Å². The second-order valence-corrected chi connectivity index (χ2v) is 9.55. The van der Waals surface area contributed by atoms with Crippen LogP contribution in [-0.2, 0) is 16.0 Å². The summed E-state index contributed by atoms with van der Waals surface area (Å²) in [5.41, 5.74) is 2.71. The number of anilines is 1. The molecule has 0 spiro atoms. The standard InChI is InChI=1S/C27H22Br2N2O5/c1-3-36-19-10-8-18(9-11-19)31-26(33)21(25(32)30-27(31)34)12-16-13-23(29)20(24(14-16)35-2)15-17-6-4-5-7-22(17)28/h4-14H,3,15H2,1-2H3,(H,30,32,34)/b21-12+. The second kappa shape index (κ2) is 11.1. The molecule has 7 nitrogen and oxygen atoms in total. The lowest BCUT2D eigenvalue weighted by Crippen LogP contribution is -2.54. The average Bonchev–Trinajstić information content (AvgIpc) is 2.85. The molecule has 3 aromatic rings. The van der Waals surface area contributed by atoms with E-state index in [0.717, 1.165) is 25.0 Å².